The predicted molar refractivity (Wildman–Crippen MR) is 118 cm³/mol. The Kier molecular flexibility index (Phi) is 5.43. The van der Waals surface area contributed by atoms with Gasteiger partial charge in [-0.1, -0.05) is 36.4 Å². The van der Waals surface area contributed by atoms with Crippen LogP contribution in [0.5, 0.6) is 0 Å². The van der Waals surface area contributed by atoms with Gasteiger partial charge >= 0.3 is 6.03 Å². The number of carbonyl (C=O) groups is 1. The molecule has 2 aromatic carbocycles. The standard InChI is InChI=1S/C23H21N5O2/c1-24-23(30)26-14-16-13-25-15-19-20(29)12-21(27-17-8-4-2-5-9-17)28(22(16)19)18-10-6-3-7-11-18/h2-13,15,27H,14H2,1H3,(H2,24,26,30). The summed E-state index contributed by atoms with van der Waals surface area (Å²) in [5.74, 6) is 0.622. The Morgan fingerprint density at radius 3 is 2.40 bits per heavy atom. The van der Waals surface area contributed by atoms with E-state index in [4.69, 9.17) is 0 Å². The van der Waals surface area contributed by atoms with E-state index in [1.807, 2.05) is 65.2 Å². The smallest absolute Gasteiger partial charge is 0.314 e. The fraction of sp³-hybridized carbons (Fsp3) is 0.0870. The maximum Gasteiger partial charge on any atom is 0.314 e. The van der Waals surface area contributed by atoms with Gasteiger partial charge in [0.05, 0.1) is 10.9 Å². The number of hydrogen-bond donors (Lipinski definition) is 3. The van der Waals surface area contributed by atoms with Crippen LogP contribution in [0.3, 0.4) is 0 Å². The van der Waals surface area contributed by atoms with Crippen LogP contribution in [0.1, 0.15) is 5.56 Å². The zero-order chi connectivity index (χ0) is 20.9. The van der Waals surface area contributed by atoms with E-state index < -0.39 is 0 Å². The number of benzene rings is 2. The molecule has 0 fully saturated rings. The first kappa shape index (κ1) is 19.2. The van der Waals surface area contributed by atoms with Crippen molar-refractivity contribution in [1.29, 1.82) is 0 Å². The monoisotopic (exact) mass is 399 g/mol. The van der Waals surface area contributed by atoms with E-state index in [0.717, 1.165) is 16.9 Å². The molecule has 0 aliphatic carbocycles. The maximum absolute atomic E-state index is 12.9. The normalized spacial score (nSPS) is 10.6. The summed E-state index contributed by atoms with van der Waals surface area (Å²) >= 11 is 0. The summed E-state index contributed by atoms with van der Waals surface area (Å²) in [6.07, 6.45) is 3.23. The van der Waals surface area contributed by atoms with Crippen LogP contribution >= 0.6 is 0 Å². The molecule has 2 heterocycles. The van der Waals surface area contributed by atoms with Crippen molar-refractivity contribution in [2.24, 2.45) is 0 Å². The number of pyridine rings is 2. The highest BCUT2D eigenvalue weighted by molar-refractivity contribution is 5.86. The Morgan fingerprint density at radius 1 is 1.00 bits per heavy atom. The molecule has 4 aromatic rings. The number of nitrogens with one attached hydrogen (secondary N) is 3. The zero-order valence-corrected chi connectivity index (χ0v) is 16.4. The van der Waals surface area contributed by atoms with Gasteiger partial charge in [-0.25, -0.2) is 4.79 Å². The Bertz CT molecular complexity index is 1240. The largest absolute Gasteiger partial charge is 0.341 e. The van der Waals surface area contributed by atoms with Crippen LogP contribution in [0, 0.1) is 0 Å². The number of aromatic nitrogens is 2. The highest BCUT2D eigenvalue weighted by Crippen LogP contribution is 2.26. The van der Waals surface area contributed by atoms with Gasteiger partial charge in [-0.15, -0.1) is 0 Å². The van der Waals surface area contributed by atoms with Crippen molar-refractivity contribution >= 4 is 28.4 Å². The summed E-state index contributed by atoms with van der Waals surface area (Å²) in [6, 6.07) is 20.7. The second-order valence-corrected chi connectivity index (χ2v) is 6.68. The molecule has 3 N–H and O–H groups in total. The minimum Gasteiger partial charge on any atom is -0.341 e. The van der Waals surface area contributed by atoms with Gasteiger partial charge < -0.3 is 16.0 Å². The lowest BCUT2D eigenvalue weighted by atomic mass is 10.1. The molecule has 0 spiro atoms. The molecule has 0 unspecified atom stereocenters. The molecule has 150 valence electrons. The molecule has 7 heteroatoms. The average Bonchev–Trinajstić information content (AvgIpc) is 2.79. The minimum absolute atomic E-state index is 0.148. The number of hydrogen-bond acceptors (Lipinski definition) is 4. The number of nitrogens with zero attached hydrogens (tertiary/aromatic N) is 2. The molecular weight excluding hydrogens is 378 g/mol. The number of carbonyl (C=O) groups excluding carboxylic acids is 1. The van der Waals surface area contributed by atoms with Crippen molar-refractivity contribution < 1.29 is 4.79 Å². The van der Waals surface area contributed by atoms with E-state index in [2.05, 4.69) is 20.9 Å². The highest BCUT2D eigenvalue weighted by atomic mass is 16.2. The molecule has 4 rings (SSSR count). The SMILES string of the molecule is CNC(=O)NCc1cncc2c(=O)cc(Nc3ccccc3)n(-c3ccccc3)c12. The molecule has 30 heavy (non-hydrogen) atoms. The Labute approximate surface area is 173 Å². The van der Waals surface area contributed by atoms with Gasteiger partial charge in [-0.2, -0.15) is 0 Å². The quantitative estimate of drug-likeness (QED) is 0.479. The zero-order valence-electron chi connectivity index (χ0n) is 16.4. The maximum atomic E-state index is 12.9. The van der Waals surface area contributed by atoms with Crippen LogP contribution in [0.25, 0.3) is 16.6 Å². The third-order valence-electron chi connectivity index (χ3n) is 4.72. The van der Waals surface area contributed by atoms with Crippen molar-refractivity contribution in [3.05, 3.63) is 94.9 Å². The van der Waals surface area contributed by atoms with Crippen LogP contribution in [0.2, 0.25) is 0 Å². The topological polar surface area (TPSA) is 88.1 Å². The van der Waals surface area contributed by atoms with Crippen molar-refractivity contribution in [1.82, 2.24) is 20.2 Å². The summed E-state index contributed by atoms with van der Waals surface area (Å²) in [6.45, 7) is 0.227. The third-order valence-corrected chi connectivity index (χ3v) is 4.72. The molecule has 0 radical (unpaired) electrons. The number of para-hydroxylation sites is 2. The van der Waals surface area contributed by atoms with E-state index in [9.17, 15) is 9.59 Å². The minimum atomic E-state index is -0.306. The van der Waals surface area contributed by atoms with Gasteiger partial charge in [0, 0.05) is 49.0 Å². The first-order valence-corrected chi connectivity index (χ1v) is 9.53. The summed E-state index contributed by atoms with van der Waals surface area (Å²) in [4.78, 5) is 28.9. The lowest BCUT2D eigenvalue weighted by Crippen LogP contribution is -2.32. The second kappa shape index (κ2) is 8.48. The van der Waals surface area contributed by atoms with Gasteiger partial charge in [0.15, 0.2) is 5.43 Å². The Morgan fingerprint density at radius 2 is 1.70 bits per heavy atom. The first-order valence-electron chi connectivity index (χ1n) is 9.53. The third kappa shape index (κ3) is 3.86. The van der Waals surface area contributed by atoms with Crippen molar-refractivity contribution in [2.45, 2.75) is 6.54 Å². The molecular formula is C23H21N5O2. The average molecular weight is 399 g/mol. The van der Waals surface area contributed by atoms with E-state index in [1.165, 1.54) is 0 Å². The Balaban J connectivity index is 1.96. The lowest BCUT2D eigenvalue weighted by molar-refractivity contribution is 0.242. The van der Waals surface area contributed by atoms with E-state index in [1.54, 1.807) is 25.5 Å². The molecule has 7 nitrogen and oxygen atoms in total. The summed E-state index contributed by atoms with van der Waals surface area (Å²) < 4.78 is 1.98. The van der Waals surface area contributed by atoms with Gasteiger partial charge in [0.2, 0.25) is 0 Å². The van der Waals surface area contributed by atoms with Crippen LogP contribution in [0.15, 0.2) is 83.9 Å². The molecule has 0 atom stereocenters. The van der Waals surface area contributed by atoms with Crippen molar-refractivity contribution in [3.8, 4) is 5.69 Å². The fourth-order valence-electron chi connectivity index (χ4n) is 3.33. The molecule has 0 bridgehead atoms. The fourth-order valence-corrected chi connectivity index (χ4v) is 3.33. The summed E-state index contributed by atoms with van der Waals surface area (Å²) in [7, 11) is 1.55. The number of urea groups is 1. The Hall–Kier alpha value is -4.13. The molecule has 0 saturated heterocycles. The van der Waals surface area contributed by atoms with Crippen molar-refractivity contribution in [2.75, 3.05) is 12.4 Å². The molecule has 0 saturated carbocycles. The van der Waals surface area contributed by atoms with Crippen LogP contribution in [-0.4, -0.2) is 22.6 Å². The van der Waals surface area contributed by atoms with Crippen LogP contribution < -0.4 is 21.4 Å². The molecule has 2 aromatic heterocycles. The summed E-state index contributed by atoms with van der Waals surface area (Å²) in [5, 5.41) is 9.15. The number of rotatable bonds is 5. The lowest BCUT2D eigenvalue weighted by Gasteiger charge is -2.20. The van der Waals surface area contributed by atoms with Gasteiger partial charge in [-0.3, -0.25) is 14.3 Å². The molecule has 0 aliphatic heterocycles. The summed E-state index contributed by atoms with van der Waals surface area (Å²) in [5.41, 5.74) is 3.02. The van der Waals surface area contributed by atoms with Gasteiger partial charge in [-0.05, 0) is 24.3 Å². The van der Waals surface area contributed by atoms with Crippen LogP contribution in [0.4, 0.5) is 16.3 Å². The molecule has 2 amide bonds. The van der Waals surface area contributed by atoms with Gasteiger partial charge in [0.25, 0.3) is 0 Å². The number of amides is 2. The van der Waals surface area contributed by atoms with Crippen LogP contribution in [-0.2, 0) is 6.54 Å². The van der Waals surface area contributed by atoms with E-state index >= 15 is 0 Å². The second-order valence-electron chi connectivity index (χ2n) is 6.68. The predicted octanol–water partition coefficient (Wildman–Crippen LogP) is 3.56. The first-order chi connectivity index (χ1) is 14.7. The highest BCUT2D eigenvalue weighted by Gasteiger charge is 2.15. The van der Waals surface area contributed by atoms with E-state index in [0.29, 0.717) is 16.7 Å². The number of anilines is 2. The molecule has 0 aliphatic rings. The van der Waals surface area contributed by atoms with Crippen molar-refractivity contribution in [3.63, 3.8) is 0 Å². The van der Waals surface area contributed by atoms with E-state index in [-0.39, 0.29) is 18.0 Å². The van der Waals surface area contributed by atoms with Gasteiger partial charge in [0.1, 0.15) is 5.82 Å². The number of fused-ring (bicyclic) bond motifs is 1.